The molecular formula is C17H22N2OS. The number of carbonyl (C=O) groups is 1. The SMILES string of the molecule is C[C@@H](NC(=S)NC(=O)c1ccccc1)[C@H]1C[C@H]2CC[C@H]1C2. The van der Waals surface area contributed by atoms with Gasteiger partial charge in [-0.05, 0) is 68.3 Å². The van der Waals surface area contributed by atoms with Crippen molar-refractivity contribution in [2.24, 2.45) is 17.8 Å². The second-order valence-electron chi connectivity index (χ2n) is 6.42. The van der Waals surface area contributed by atoms with Gasteiger partial charge in [0.15, 0.2) is 5.11 Å². The number of carbonyl (C=O) groups excluding carboxylic acids is 1. The maximum Gasteiger partial charge on any atom is 0.257 e. The van der Waals surface area contributed by atoms with Crippen molar-refractivity contribution in [1.82, 2.24) is 10.6 Å². The van der Waals surface area contributed by atoms with Gasteiger partial charge in [0.05, 0.1) is 0 Å². The number of nitrogens with one attached hydrogen (secondary N) is 2. The summed E-state index contributed by atoms with van der Waals surface area (Å²) in [5.41, 5.74) is 0.634. The van der Waals surface area contributed by atoms with E-state index in [0.717, 1.165) is 11.8 Å². The Balaban J connectivity index is 1.51. The van der Waals surface area contributed by atoms with Gasteiger partial charge in [0.2, 0.25) is 0 Å². The smallest absolute Gasteiger partial charge is 0.257 e. The van der Waals surface area contributed by atoms with Crippen LogP contribution in [0.25, 0.3) is 0 Å². The lowest BCUT2D eigenvalue weighted by Crippen LogP contribution is -2.46. The van der Waals surface area contributed by atoms with Gasteiger partial charge < -0.3 is 5.32 Å². The van der Waals surface area contributed by atoms with Crippen LogP contribution in [0.3, 0.4) is 0 Å². The van der Waals surface area contributed by atoms with E-state index in [-0.39, 0.29) is 5.91 Å². The van der Waals surface area contributed by atoms with Crippen LogP contribution in [0.15, 0.2) is 30.3 Å². The van der Waals surface area contributed by atoms with E-state index in [4.69, 9.17) is 12.2 Å². The normalized spacial score (nSPS) is 28.1. The molecule has 1 amide bonds. The molecule has 2 aliphatic rings. The van der Waals surface area contributed by atoms with Crippen molar-refractivity contribution in [2.75, 3.05) is 0 Å². The molecule has 3 nitrogen and oxygen atoms in total. The van der Waals surface area contributed by atoms with Crippen molar-refractivity contribution in [1.29, 1.82) is 0 Å². The van der Waals surface area contributed by atoms with Crippen molar-refractivity contribution in [3.8, 4) is 0 Å². The Kier molecular flexibility index (Phi) is 4.24. The summed E-state index contributed by atoms with van der Waals surface area (Å²) >= 11 is 5.28. The van der Waals surface area contributed by atoms with Crippen LogP contribution >= 0.6 is 12.2 Å². The minimum absolute atomic E-state index is 0.145. The topological polar surface area (TPSA) is 41.1 Å². The third-order valence-corrected chi connectivity index (χ3v) is 5.28. The second kappa shape index (κ2) is 6.14. The maximum absolute atomic E-state index is 12.0. The second-order valence-corrected chi connectivity index (χ2v) is 6.83. The standard InChI is InChI=1S/C17H22N2OS/c1-11(15-10-12-7-8-14(15)9-12)18-17(21)19-16(20)13-5-3-2-4-6-13/h2-6,11-12,14-15H,7-10H2,1H3,(H2,18,19,20,21)/t11-,12+,14+,15-/m1/s1. The molecule has 2 aliphatic carbocycles. The number of rotatable bonds is 3. The van der Waals surface area contributed by atoms with E-state index in [9.17, 15) is 4.79 Å². The fraction of sp³-hybridized carbons (Fsp3) is 0.529. The third-order valence-electron chi connectivity index (χ3n) is 5.06. The molecule has 0 unspecified atom stereocenters. The van der Waals surface area contributed by atoms with Crippen molar-refractivity contribution >= 4 is 23.2 Å². The van der Waals surface area contributed by atoms with Gasteiger partial charge in [-0.3, -0.25) is 10.1 Å². The summed E-state index contributed by atoms with van der Waals surface area (Å²) in [4.78, 5) is 12.0. The molecule has 21 heavy (non-hydrogen) atoms. The largest absolute Gasteiger partial charge is 0.360 e. The first-order valence-electron chi connectivity index (χ1n) is 7.80. The predicted molar refractivity (Wildman–Crippen MR) is 88.0 cm³/mol. The molecule has 2 fully saturated rings. The molecule has 0 aromatic heterocycles. The summed E-state index contributed by atoms with van der Waals surface area (Å²) in [7, 11) is 0. The van der Waals surface area contributed by atoms with Crippen LogP contribution in [0.1, 0.15) is 43.0 Å². The Morgan fingerprint density at radius 3 is 2.62 bits per heavy atom. The number of hydrogen-bond donors (Lipinski definition) is 2. The number of benzene rings is 1. The Morgan fingerprint density at radius 1 is 1.24 bits per heavy atom. The molecule has 0 saturated heterocycles. The summed E-state index contributed by atoms with van der Waals surface area (Å²) in [6.07, 6.45) is 5.47. The lowest BCUT2D eigenvalue weighted by Gasteiger charge is -2.29. The predicted octanol–water partition coefficient (Wildman–Crippen LogP) is 3.12. The fourth-order valence-electron chi connectivity index (χ4n) is 4.02. The Hall–Kier alpha value is -1.42. The molecule has 0 radical (unpaired) electrons. The summed E-state index contributed by atoms with van der Waals surface area (Å²) in [6, 6.07) is 9.51. The lowest BCUT2D eigenvalue weighted by molar-refractivity contribution is 0.0976. The number of hydrogen-bond acceptors (Lipinski definition) is 2. The first kappa shape index (κ1) is 14.5. The van der Waals surface area contributed by atoms with Crippen LogP contribution in [0.5, 0.6) is 0 Å². The first-order valence-corrected chi connectivity index (χ1v) is 8.21. The number of amides is 1. The van der Waals surface area contributed by atoms with E-state index in [0.29, 0.717) is 22.6 Å². The van der Waals surface area contributed by atoms with Gasteiger partial charge in [0, 0.05) is 11.6 Å². The monoisotopic (exact) mass is 302 g/mol. The lowest BCUT2D eigenvalue weighted by atomic mass is 9.84. The summed E-state index contributed by atoms with van der Waals surface area (Å²) in [6.45, 7) is 2.19. The molecular weight excluding hydrogens is 280 g/mol. The first-order chi connectivity index (χ1) is 10.1. The van der Waals surface area contributed by atoms with Crippen LogP contribution in [0, 0.1) is 17.8 Å². The molecule has 0 heterocycles. The van der Waals surface area contributed by atoms with E-state index < -0.39 is 0 Å². The van der Waals surface area contributed by atoms with Gasteiger partial charge >= 0.3 is 0 Å². The van der Waals surface area contributed by atoms with Gasteiger partial charge in [0.1, 0.15) is 0 Å². The average Bonchev–Trinajstić information content (AvgIpc) is 3.10. The molecule has 1 aromatic carbocycles. The summed E-state index contributed by atoms with van der Waals surface area (Å²) in [5, 5.41) is 6.53. The molecule has 4 heteroatoms. The van der Waals surface area contributed by atoms with Gasteiger partial charge in [-0.1, -0.05) is 24.6 Å². The fourth-order valence-corrected chi connectivity index (χ4v) is 4.30. The molecule has 112 valence electrons. The van der Waals surface area contributed by atoms with Gasteiger partial charge in [-0.15, -0.1) is 0 Å². The summed E-state index contributed by atoms with van der Waals surface area (Å²) in [5.74, 6) is 2.34. The molecule has 2 saturated carbocycles. The van der Waals surface area contributed by atoms with Crippen molar-refractivity contribution in [2.45, 2.75) is 38.6 Å². The van der Waals surface area contributed by atoms with E-state index in [2.05, 4.69) is 17.6 Å². The van der Waals surface area contributed by atoms with E-state index in [1.807, 2.05) is 18.2 Å². The van der Waals surface area contributed by atoms with Crippen LogP contribution < -0.4 is 10.6 Å². The summed E-state index contributed by atoms with van der Waals surface area (Å²) < 4.78 is 0. The highest BCUT2D eigenvalue weighted by atomic mass is 32.1. The quantitative estimate of drug-likeness (QED) is 0.843. The van der Waals surface area contributed by atoms with Crippen LogP contribution in [-0.2, 0) is 0 Å². The highest BCUT2D eigenvalue weighted by molar-refractivity contribution is 7.80. The minimum atomic E-state index is -0.145. The van der Waals surface area contributed by atoms with Gasteiger partial charge in [-0.2, -0.15) is 0 Å². The highest BCUT2D eigenvalue weighted by Gasteiger charge is 2.41. The Labute approximate surface area is 131 Å². The molecule has 3 rings (SSSR count). The van der Waals surface area contributed by atoms with Crippen molar-refractivity contribution < 1.29 is 4.79 Å². The van der Waals surface area contributed by atoms with E-state index >= 15 is 0 Å². The average molecular weight is 302 g/mol. The number of thiocarbonyl (C=S) groups is 1. The maximum atomic E-state index is 12.0. The molecule has 4 atom stereocenters. The molecule has 2 bridgehead atoms. The number of fused-ring (bicyclic) bond motifs is 2. The van der Waals surface area contributed by atoms with Crippen molar-refractivity contribution in [3.63, 3.8) is 0 Å². The zero-order valence-electron chi connectivity index (χ0n) is 12.3. The highest BCUT2D eigenvalue weighted by Crippen LogP contribution is 2.49. The Morgan fingerprint density at radius 2 is 2.00 bits per heavy atom. The molecule has 0 spiro atoms. The molecule has 2 N–H and O–H groups in total. The van der Waals surface area contributed by atoms with E-state index in [1.165, 1.54) is 25.7 Å². The molecule has 1 aromatic rings. The third kappa shape index (κ3) is 3.26. The van der Waals surface area contributed by atoms with Gasteiger partial charge in [0.25, 0.3) is 5.91 Å². The zero-order valence-corrected chi connectivity index (χ0v) is 13.2. The van der Waals surface area contributed by atoms with Crippen LogP contribution in [0.2, 0.25) is 0 Å². The van der Waals surface area contributed by atoms with E-state index in [1.54, 1.807) is 12.1 Å². The zero-order chi connectivity index (χ0) is 14.8. The van der Waals surface area contributed by atoms with Crippen LogP contribution in [-0.4, -0.2) is 17.1 Å². The molecule has 0 aliphatic heterocycles. The minimum Gasteiger partial charge on any atom is -0.360 e. The van der Waals surface area contributed by atoms with Gasteiger partial charge in [-0.25, -0.2) is 0 Å². The van der Waals surface area contributed by atoms with Crippen molar-refractivity contribution in [3.05, 3.63) is 35.9 Å². The van der Waals surface area contributed by atoms with Crippen LogP contribution in [0.4, 0.5) is 0 Å². The Bertz CT molecular complexity index is 531.